The van der Waals surface area contributed by atoms with Crippen molar-refractivity contribution in [3.05, 3.63) is 35.4 Å². The van der Waals surface area contributed by atoms with Crippen molar-refractivity contribution in [2.45, 2.75) is 31.4 Å². The molecule has 3 rings (SSSR count). The Balaban J connectivity index is 1.67. The van der Waals surface area contributed by atoms with Gasteiger partial charge in [0.2, 0.25) is 0 Å². The number of benzene rings is 1. The molecule has 1 aliphatic carbocycles. The van der Waals surface area contributed by atoms with Crippen LogP contribution < -0.4 is 5.32 Å². The molecule has 4 nitrogen and oxygen atoms in total. The van der Waals surface area contributed by atoms with E-state index < -0.39 is 0 Å². The summed E-state index contributed by atoms with van der Waals surface area (Å²) in [4.78, 5) is 12.4. The van der Waals surface area contributed by atoms with Crippen LogP contribution in [0.2, 0.25) is 0 Å². The lowest BCUT2D eigenvalue weighted by molar-refractivity contribution is 0.0729. The monoisotopic (exact) mass is 285 g/mol. The first-order chi connectivity index (χ1) is 10.3. The Hall–Kier alpha value is -1.83. The van der Waals surface area contributed by atoms with E-state index in [0.717, 1.165) is 18.6 Å². The molecule has 2 unspecified atom stereocenters. The molecular formula is C17H19NO3. The third-order valence-electron chi connectivity index (χ3n) is 3.98. The Kier molecular flexibility index (Phi) is 4.23. The highest BCUT2D eigenvalue weighted by atomic mass is 16.5. The quantitative estimate of drug-likeness (QED) is 0.824. The lowest BCUT2D eigenvalue weighted by Crippen LogP contribution is -2.41. The molecule has 1 aromatic carbocycles. The molecule has 0 bridgehead atoms. The maximum Gasteiger partial charge on any atom is 0.251 e. The molecule has 0 spiro atoms. The van der Waals surface area contributed by atoms with Crippen LogP contribution in [-0.2, 0) is 4.74 Å². The van der Waals surface area contributed by atoms with Crippen LogP contribution in [0.25, 0.3) is 0 Å². The highest BCUT2D eigenvalue weighted by Crippen LogP contribution is 2.38. The van der Waals surface area contributed by atoms with Crippen molar-refractivity contribution in [1.29, 1.82) is 0 Å². The van der Waals surface area contributed by atoms with E-state index >= 15 is 0 Å². The molecule has 0 aromatic heterocycles. The van der Waals surface area contributed by atoms with E-state index in [9.17, 15) is 4.79 Å². The summed E-state index contributed by atoms with van der Waals surface area (Å²) in [6.45, 7) is 0.549. The number of amides is 1. The van der Waals surface area contributed by atoms with Gasteiger partial charge in [-0.2, -0.15) is 0 Å². The third kappa shape index (κ3) is 3.44. The summed E-state index contributed by atoms with van der Waals surface area (Å²) in [6.07, 6.45) is 3.50. The minimum Gasteiger partial charge on any atom is -0.384 e. The van der Waals surface area contributed by atoms with Gasteiger partial charge in [0.15, 0.2) is 0 Å². The van der Waals surface area contributed by atoms with Crippen molar-refractivity contribution in [2.24, 2.45) is 5.92 Å². The molecule has 1 saturated heterocycles. The van der Waals surface area contributed by atoms with Gasteiger partial charge in [-0.25, -0.2) is 0 Å². The van der Waals surface area contributed by atoms with Gasteiger partial charge >= 0.3 is 0 Å². The Morgan fingerprint density at radius 3 is 3.00 bits per heavy atom. The highest BCUT2D eigenvalue weighted by Gasteiger charge is 2.41. The lowest BCUT2D eigenvalue weighted by atomic mass is 10.0. The topological polar surface area (TPSA) is 58.6 Å². The SMILES string of the molecule is O=C(NC1CCOC1C1CC1)c1cccc(C#CCO)c1. The van der Waals surface area contributed by atoms with Crippen molar-refractivity contribution in [3.63, 3.8) is 0 Å². The van der Waals surface area contributed by atoms with Crippen LogP contribution in [0.3, 0.4) is 0 Å². The summed E-state index contributed by atoms with van der Waals surface area (Å²) in [7, 11) is 0. The van der Waals surface area contributed by atoms with Crippen LogP contribution >= 0.6 is 0 Å². The average molecular weight is 285 g/mol. The summed E-state index contributed by atoms with van der Waals surface area (Å²) >= 11 is 0. The molecule has 110 valence electrons. The van der Waals surface area contributed by atoms with Crippen molar-refractivity contribution < 1.29 is 14.6 Å². The Morgan fingerprint density at radius 2 is 2.24 bits per heavy atom. The zero-order valence-electron chi connectivity index (χ0n) is 11.8. The van der Waals surface area contributed by atoms with Crippen LogP contribution in [0, 0.1) is 17.8 Å². The second-order valence-corrected chi connectivity index (χ2v) is 5.58. The van der Waals surface area contributed by atoms with E-state index in [1.54, 1.807) is 18.2 Å². The fourth-order valence-corrected chi connectivity index (χ4v) is 2.79. The first-order valence-corrected chi connectivity index (χ1v) is 7.40. The lowest BCUT2D eigenvalue weighted by Gasteiger charge is -2.19. The van der Waals surface area contributed by atoms with E-state index in [1.165, 1.54) is 12.8 Å². The molecule has 21 heavy (non-hydrogen) atoms. The molecule has 2 N–H and O–H groups in total. The van der Waals surface area contributed by atoms with Crippen LogP contribution in [0.1, 0.15) is 35.2 Å². The van der Waals surface area contributed by atoms with Crippen molar-refractivity contribution in [3.8, 4) is 11.8 Å². The maximum atomic E-state index is 12.4. The summed E-state index contributed by atoms with van der Waals surface area (Å²) in [5.41, 5.74) is 1.33. The molecule has 1 heterocycles. The Labute approximate surface area is 124 Å². The van der Waals surface area contributed by atoms with Crippen LogP contribution in [0.5, 0.6) is 0 Å². The summed E-state index contributed by atoms with van der Waals surface area (Å²) in [6, 6.07) is 7.28. The van der Waals surface area contributed by atoms with Gasteiger partial charge in [0.1, 0.15) is 6.61 Å². The van der Waals surface area contributed by atoms with Crippen LogP contribution in [-0.4, -0.2) is 36.4 Å². The summed E-state index contributed by atoms with van der Waals surface area (Å²) in [5, 5.41) is 11.8. The highest BCUT2D eigenvalue weighted by molar-refractivity contribution is 5.94. The molecule has 2 fully saturated rings. The normalized spacial score (nSPS) is 24.2. The first kappa shape index (κ1) is 14.1. The van der Waals surface area contributed by atoms with Gasteiger partial charge < -0.3 is 15.2 Å². The number of aliphatic hydroxyl groups excluding tert-OH is 1. The number of hydrogen-bond acceptors (Lipinski definition) is 3. The van der Waals surface area contributed by atoms with Crippen LogP contribution in [0.4, 0.5) is 0 Å². The molecule has 0 radical (unpaired) electrons. The van der Waals surface area contributed by atoms with Crippen molar-refractivity contribution in [1.82, 2.24) is 5.32 Å². The number of aliphatic hydroxyl groups is 1. The van der Waals surface area contributed by atoms with Gasteiger partial charge in [-0.15, -0.1) is 0 Å². The zero-order valence-corrected chi connectivity index (χ0v) is 11.8. The Bertz CT molecular complexity index is 583. The molecule has 1 aromatic rings. The predicted molar refractivity (Wildman–Crippen MR) is 78.7 cm³/mol. The predicted octanol–water partition coefficient (Wildman–Crippen LogP) is 1.33. The molecule has 1 aliphatic heterocycles. The van der Waals surface area contributed by atoms with Crippen LogP contribution in [0.15, 0.2) is 24.3 Å². The van der Waals surface area contributed by atoms with E-state index in [-0.39, 0.29) is 24.7 Å². The van der Waals surface area contributed by atoms with Gasteiger partial charge in [0.05, 0.1) is 12.1 Å². The minimum absolute atomic E-state index is 0.0798. The maximum absolute atomic E-state index is 12.4. The molecular weight excluding hydrogens is 266 g/mol. The van der Waals surface area contributed by atoms with Crippen molar-refractivity contribution in [2.75, 3.05) is 13.2 Å². The summed E-state index contributed by atoms with van der Waals surface area (Å²) < 4.78 is 5.74. The molecule has 4 heteroatoms. The average Bonchev–Trinajstić information content (AvgIpc) is 3.25. The standard InChI is InChI=1S/C17H19NO3/c19-9-2-4-12-3-1-5-14(11-12)17(20)18-15-8-10-21-16(15)13-6-7-13/h1,3,5,11,13,15-16,19H,6-10H2,(H,18,20). The van der Waals surface area contributed by atoms with Crippen molar-refractivity contribution >= 4 is 5.91 Å². The van der Waals surface area contributed by atoms with Gasteiger partial charge in [-0.3, -0.25) is 4.79 Å². The zero-order chi connectivity index (χ0) is 14.7. The third-order valence-corrected chi connectivity index (χ3v) is 3.98. The van der Waals surface area contributed by atoms with Gasteiger partial charge in [-0.1, -0.05) is 17.9 Å². The van der Waals surface area contributed by atoms with E-state index in [4.69, 9.17) is 9.84 Å². The number of hydrogen-bond donors (Lipinski definition) is 2. The fraction of sp³-hybridized carbons (Fsp3) is 0.471. The number of rotatable bonds is 3. The minimum atomic E-state index is -0.182. The van der Waals surface area contributed by atoms with Gasteiger partial charge in [-0.05, 0) is 43.4 Å². The van der Waals surface area contributed by atoms with E-state index in [2.05, 4.69) is 17.2 Å². The number of carbonyl (C=O) groups excluding carboxylic acids is 1. The number of carbonyl (C=O) groups is 1. The Morgan fingerprint density at radius 1 is 1.38 bits per heavy atom. The molecule has 1 saturated carbocycles. The molecule has 1 amide bonds. The van der Waals surface area contributed by atoms with Gasteiger partial charge in [0.25, 0.3) is 5.91 Å². The number of ether oxygens (including phenoxy) is 1. The van der Waals surface area contributed by atoms with E-state index in [1.807, 2.05) is 6.07 Å². The molecule has 2 aliphatic rings. The second-order valence-electron chi connectivity index (χ2n) is 5.58. The summed E-state index contributed by atoms with van der Waals surface area (Å²) in [5.74, 6) is 5.95. The number of nitrogens with one attached hydrogen (secondary N) is 1. The van der Waals surface area contributed by atoms with Gasteiger partial charge in [0, 0.05) is 17.7 Å². The molecule has 2 atom stereocenters. The van der Waals surface area contributed by atoms with E-state index in [0.29, 0.717) is 11.5 Å². The smallest absolute Gasteiger partial charge is 0.251 e. The fourth-order valence-electron chi connectivity index (χ4n) is 2.79. The first-order valence-electron chi connectivity index (χ1n) is 7.40. The largest absolute Gasteiger partial charge is 0.384 e. The second kappa shape index (κ2) is 6.30.